The highest BCUT2D eigenvalue weighted by atomic mass is 16.5. The number of methoxy groups -OCH3 is 1. The molecule has 0 amide bonds. The lowest BCUT2D eigenvalue weighted by molar-refractivity contribution is -0.0630. The largest absolute Gasteiger partial charge is 0.504 e. The molecule has 0 radical (unpaired) electrons. The van der Waals surface area contributed by atoms with E-state index < -0.39 is 0 Å². The topological polar surface area (TPSA) is 50.7 Å². The Balaban J connectivity index is 1.91. The maximum Gasteiger partial charge on any atom is 0.160 e. The van der Waals surface area contributed by atoms with E-state index in [0.29, 0.717) is 11.8 Å². The van der Waals surface area contributed by atoms with Crippen molar-refractivity contribution in [2.75, 3.05) is 13.7 Å². The highest BCUT2D eigenvalue weighted by Gasteiger charge is 2.28. The van der Waals surface area contributed by atoms with Gasteiger partial charge in [0.05, 0.1) is 12.7 Å². The van der Waals surface area contributed by atoms with Crippen molar-refractivity contribution in [1.82, 2.24) is 5.32 Å². The number of nitrogens with one attached hydrogen (secondary N) is 1. The third kappa shape index (κ3) is 3.85. The highest BCUT2D eigenvalue weighted by molar-refractivity contribution is 5.41. The van der Waals surface area contributed by atoms with Crippen LogP contribution in [0.1, 0.15) is 32.3 Å². The lowest BCUT2D eigenvalue weighted by Crippen LogP contribution is -2.43. The molecule has 1 aliphatic rings. The summed E-state index contributed by atoms with van der Waals surface area (Å²) in [7, 11) is 1.56. The number of phenols is 1. The SMILES string of the molecule is COc1cc(CN[C@H]2CCOC(C)(C)C2)ccc1O. The highest BCUT2D eigenvalue weighted by Crippen LogP contribution is 2.27. The maximum atomic E-state index is 9.56. The molecule has 0 saturated carbocycles. The van der Waals surface area contributed by atoms with Gasteiger partial charge in [-0.15, -0.1) is 0 Å². The minimum atomic E-state index is -0.0391. The van der Waals surface area contributed by atoms with Gasteiger partial charge in [-0.1, -0.05) is 6.07 Å². The van der Waals surface area contributed by atoms with Crippen molar-refractivity contribution in [3.05, 3.63) is 23.8 Å². The van der Waals surface area contributed by atoms with Gasteiger partial charge in [0.15, 0.2) is 11.5 Å². The van der Waals surface area contributed by atoms with Gasteiger partial charge in [-0.2, -0.15) is 0 Å². The Morgan fingerprint density at radius 3 is 2.95 bits per heavy atom. The lowest BCUT2D eigenvalue weighted by atomic mass is 9.94. The zero-order valence-electron chi connectivity index (χ0n) is 11.9. The molecule has 1 aliphatic heterocycles. The van der Waals surface area contributed by atoms with E-state index >= 15 is 0 Å². The quantitative estimate of drug-likeness (QED) is 0.878. The summed E-state index contributed by atoms with van der Waals surface area (Å²) >= 11 is 0. The summed E-state index contributed by atoms with van der Waals surface area (Å²) in [4.78, 5) is 0. The molecule has 1 heterocycles. The number of hydrogen-bond donors (Lipinski definition) is 2. The molecule has 2 N–H and O–H groups in total. The summed E-state index contributed by atoms with van der Waals surface area (Å²) in [6.45, 7) is 5.84. The maximum absolute atomic E-state index is 9.56. The van der Waals surface area contributed by atoms with Crippen molar-refractivity contribution in [3.8, 4) is 11.5 Å². The molecule has 106 valence electrons. The standard InChI is InChI=1S/C15H23NO3/c1-15(2)9-12(6-7-19-15)16-10-11-4-5-13(17)14(8-11)18-3/h4-5,8,12,16-17H,6-7,9-10H2,1-3H3/t12-/m0/s1. The monoisotopic (exact) mass is 265 g/mol. The van der Waals surface area contributed by atoms with Crippen LogP contribution in [0.4, 0.5) is 0 Å². The van der Waals surface area contributed by atoms with Gasteiger partial charge in [0.25, 0.3) is 0 Å². The third-order valence-electron chi connectivity index (χ3n) is 3.54. The Bertz CT molecular complexity index is 431. The molecule has 2 rings (SSSR count). The molecule has 4 nitrogen and oxygen atoms in total. The number of phenolic OH excluding ortho intramolecular Hbond substituents is 1. The van der Waals surface area contributed by atoms with Crippen LogP contribution in [0, 0.1) is 0 Å². The van der Waals surface area contributed by atoms with Gasteiger partial charge in [0.1, 0.15) is 0 Å². The van der Waals surface area contributed by atoms with Crippen molar-refractivity contribution in [2.45, 2.75) is 44.9 Å². The Hall–Kier alpha value is -1.26. The first-order valence-corrected chi connectivity index (χ1v) is 6.73. The van der Waals surface area contributed by atoms with Gasteiger partial charge >= 0.3 is 0 Å². The number of rotatable bonds is 4. The van der Waals surface area contributed by atoms with E-state index in [4.69, 9.17) is 9.47 Å². The van der Waals surface area contributed by atoms with E-state index in [1.54, 1.807) is 13.2 Å². The van der Waals surface area contributed by atoms with Crippen molar-refractivity contribution >= 4 is 0 Å². The number of hydrogen-bond acceptors (Lipinski definition) is 4. The van der Waals surface area contributed by atoms with Crippen molar-refractivity contribution in [1.29, 1.82) is 0 Å². The van der Waals surface area contributed by atoms with Crippen LogP contribution in [0.5, 0.6) is 11.5 Å². The minimum Gasteiger partial charge on any atom is -0.504 e. The van der Waals surface area contributed by atoms with Gasteiger partial charge in [-0.25, -0.2) is 0 Å². The van der Waals surface area contributed by atoms with Crippen LogP contribution in [-0.4, -0.2) is 30.5 Å². The minimum absolute atomic E-state index is 0.0391. The zero-order chi connectivity index (χ0) is 13.9. The zero-order valence-corrected chi connectivity index (χ0v) is 11.9. The number of ether oxygens (including phenoxy) is 2. The molecular formula is C15H23NO3. The van der Waals surface area contributed by atoms with E-state index in [2.05, 4.69) is 19.2 Å². The molecule has 1 aromatic carbocycles. The molecule has 1 fully saturated rings. The normalized spacial score (nSPS) is 22.2. The molecule has 19 heavy (non-hydrogen) atoms. The summed E-state index contributed by atoms with van der Waals surface area (Å²) in [5, 5.41) is 13.1. The summed E-state index contributed by atoms with van der Waals surface area (Å²) in [5.74, 6) is 0.699. The van der Waals surface area contributed by atoms with Gasteiger partial charge in [0.2, 0.25) is 0 Å². The fraction of sp³-hybridized carbons (Fsp3) is 0.600. The van der Waals surface area contributed by atoms with Crippen LogP contribution in [0.2, 0.25) is 0 Å². The van der Waals surface area contributed by atoms with Crippen LogP contribution >= 0.6 is 0 Å². The van der Waals surface area contributed by atoms with Gasteiger partial charge in [-0.05, 0) is 44.4 Å². The summed E-state index contributed by atoms with van der Waals surface area (Å²) in [6.07, 6.45) is 2.06. The van der Waals surface area contributed by atoms with E-state index in [-0.39, 0.29) is 11.4 Å². The summed E-state index contributed by atoms with van der Waals surface area (Å²) < 4.78 is 10.8. The molecule has 4 heteroatoms. The average molecular weight is 265 g/mol. The van der Waals surface area contributed by atoms with Gasteiger partial charge < -0.3 is 19.9 Å². The first-order chi connectivity index (χ1) is 9.00. The average Bonchev–Trinajstić information content (AvgIpc) is 2.36. The first kappa shape index (κ1) is 14.2. The molecule has 0 unspecified atom stereocenters. The molecule has 0 aromatic heterocycles. The van der Waals surface area contributed by atoms with Gasteiger partial charge in [-0.3, -0.25) is 0 Å². The number of benzene rings is 1. The third-order valence-corrected chi connectivity index (χ3v) is 3.54. The number of aromatic hydroxyl groups is 1. The second kappa shape index (κ2) is 5.80. The Kier molecular flexibility index (Phi) is 4.32. The summed E-state index contributed by atoms with van der Waals surface area (Å²) in [5.41, 5.74) is 1.07. The molecular weight excluding hydrogens is 242 g/mol. The molecule has 0 spiro atoms. The molecule has 0 aliphatic carbocycles. The Morgan fingerprint density at radius 1 is 1.47 bits per heavy atom. The van der Waals surface area contributed by atoms with E-state index in [0.717, 1.165) is 31.6 Å². The summed E-state index contributed by atoms with van der Waals surface area (Å²) in [6, 6.07) is 5.93. The van der Waals surface area contributed by atoms with Crippen LogP contribution in [0.25, 0.3) is 0 Å². The molecule has 1 aromatic rings. The molecule has 1 atom stereocenters. The predicted octanol–water partition coefficient (Wildman–Crippen LogP) is 2.45. The first-order valence-electron chi connectivity index (χ1n) is 6.73. The Labute approximate surface area is 114 Å². The van der Waals surface area contributed by atoms with Crippen molar-refractivity contribution in [2.24, 2.45) is 0 Å². The fourth-order valence-corrected chi connectivity index (χ4v) is 2.50. The Morgan fingerprint density at radius 2 is 2.26 bits per heavy atom. The van der Waals surface area contributed by atoms with Crippen LogP contribution in [0.15, 0.2) is 18.2 Å². The van der Waals surface area contributed by atoms with Crippen molar-refractivity contribution in [3.63, 3.8) is 0 Å². The molecule has 1 saturated heterocycles. The van der Waals surface area contributed by atoms with E-state index in [9.17, 15) is 5.11 Å². The molecule has 0 bridgehead atoms. The lowest BCUT2D eigenvalue weighted by Gasteiger charge is -2.36. The predicted molar refractivity (Wildman–Crippen MR) is 74.6 cm³/mol. The van der Waals surface area contributed by atoms with Gasteiger partial charge in [0, 0.05) is 19.2 Å². The van der Waals surface area contributed by atoms with Crippen LogP contribution in [0.3, 0.4) is 0 Å². The van der Waals surface area contributed by atoms with Crippen LogP contribution in [-0.2, 0) is 11.3 Å². The fourth-order valence-electron chi connectivity index (χ4n) is 2.50. The smallest absolute Gasteiger partial charge is 0.160 e. The van der Waals surface area contributed by atoms with E-state index in [1.807, 2.05) is 12.1 Å². The van der Waals surface area contributed by atoms with Crippen molar-refractivity contribution < 1.29 is 14.6 Å². The second-order valence-electron chi connectivity index (χ2n) is 5.68. The van der Waals surface area contributed by atoms with E-state index in [1.165, 1.54) is 0 Å². The van der Waals surface area contributed by atoms with Crippen LogP contribution < -0.4 is 10.1 Å². The second-order valence-corrected chi connectivity index (χ2v) is 5.68.